The van der Waals surface area contributed by atoms with E-state index in [4.69, 9.17) is 11.6 Å². The number of carbonyl (C=O) groups is 1. The molecule has 1 aliphatic rings. The van der Waals surface area contributed by atoms with Crippen molar-refractivity contribution < 1.29 is 4.79 Å². The van der Waals surface area contributed by atoms with Gasteiger partial charge in [0, 0.05) is 30.0 Å². The molecule has 1 fully saturated rings. The molecule has 0 bridgehead atoms. The second-order valence-corrected chi connectivity index (χ2v) is 6.85. The van der Waals surface area contributed by atoms with Gasteiger partial charge in [-0.15, -0.1) is 0 Å². The van der Waals surface area contributed by atoms with Crippen molar-refractivity contribution in [2.24, 2.45) is 0 Å². The Hall–Kier alpha value is -2.14. The number of amides is 1. The summed E-state index contributed by atoms with van der Waals surface area (Å²) in [5.74, 6) is 0.439. The fraction of sp³-hybridized carbons (Fsp3) is 0.421. The van der Waals surface area contributed by atoms with Crippen molar-refractivity contribution in [2.45, 2.75) is 44.6 Å². The van der Waals surface area contributed by atoms with Crippen LogP contribution in [0.15, 0.2) is 36.7 Å². The number of halogens is 1. The van der Waals surface area contributed by atoms with Crippen LogP contribution in [0.2, 0.25) is 5.02 Å². The van der Waals surface area contributed by atoms with Crippen LogP contribution in [-0.2, 0) is 6.42 Å². The molecule has 1 saturated carbocycles. The summed E-state index contributed by atoms with van der Waals surface area (Å²) >= 11 is 5.96. The third kappa shape index (κ3) is 5.43. The van der Waals surface area contributed by atoms with E-state index < -0.39 is 0 Å². The predicted molar refractivity (Wildman–Crippen MR) is 100 cm³/mol. The largest absolute Gasteiger partial charge is 0.352 e. The van der Waals surface area contributed by atoms with Gasteiger partial charge in [0.15, 0.2) is 0 Å². The zero-order valence-corrected chi connectivity index (χ0v) is 14.9. The van der Waals surface area contributed by atoms with E-state index in [1.54, 1.807) is 12.4 Å². The lowest BCUT2D eigenvalue weighted by atomic mass is 9.96. The van der Waals surface area contributed by atoms with E-state index in [0.717, 1.165) is 24.8 Å². The minimum absolute atomic E-state index is 0.161. The summed E-state index contributed by atoms with van der Waals surface area (Å²) in [5.41, 5.74) is 1.57. The van der Waals surface area contributed by atoms with E-state index >= 15 is 0 Å². The van der Waals surface area contributed by atoms with Gasteiger partial charge in [-0.25, -0.2) is 9.97 Å². The Morgan fingerprint density at radius 1 is 1.16 bits per heavy atom. The summed E-state index contributed by atoms with van der Waals surface area (Å²) in [6.45, 7) is 0.543. The fourth-order valence-electron chi connectivity index (χ4n) is 3.06. The fourth-order valence-corrected chi connectivity index (χ4v) is 3.28. The molecule has 0 unspecified atom stereocenters. The highest BCUT2D eigenvalue weighted by molar-refractivity contribution is 6.30. The molecule has 6 heteroatoms. The lowest BCUT2D eigenvalue weighted by Crippen LogP contribution is -2.26. The summed E-state index contributed by atoms with van der Waals surface area (Å²) in [7, 11) is 0. The Morgan fingerprint density at radius 3 is 2.64 bits per heavy atom. The van der Waals surface area contributed by atoms with Gasteiger partial charge in [-0.1, -0.05) is 43.0 Å². The van der Waals surface area contributed by atoms with Gasteiger partial charge in [-0.2, -0.15) is 0 Å². The third-order valence-corrected chi connectivity index (χ3v) is 4.68. The van der Waals surface area contributed by atoms with Gasteiger partial charge in [0.25, 0.3) is 5.91 Å². The van der Waals surface area contributed by atoms with Gasteiger partial charge in [-0.05, 0) is 37.0 Å². The number of hydrogen-bond acceptors (Lipinski definition) is 4. The van der Waals surface area contributed by atoms with Crippen LogP contribution in [0.4, 0.5) is 5.95 Å². The molecule has 0 radical (unpaired) electrons. The van der Waals surface area contributed by atoms with Gasteiger partial charge in [0.2, 0.25) is 5.95 Å². The molecule has 1 aromatic heterocycles. The Kier molecular flexibility index (Phi) is 6.23. The average molecular weight is 359 g/mol. The molecule has 1 heterocycles. The first kappa shape index (κ1) is 17.7. The average Bonchev–Trinajstić information content (AvgIpc) is 2.63. The normalized spacial score (nSPS) is 14.9. The second kappa shape index (κ2) is 8.81. The van der Waals surface area contributed by atoms with Crippen LogP contribution in [0.3, 0.4) is 0 Å². The molecule has 1 amide bonds. The first-order valence-corrected chi connectivity index (χ1v) is 9.20. The zero-order chi connectivity index (χ0) is 17.5. The minimum Gasteiger partial charge on any atom is -0.352 e. The monoisotopic (exact) mass is 358 g/mol. The van der Waals surface area contributed by atoms with Gasteiger partial charge in [0.1, 0.15) is 0 Å². The highest BCUT2D eigenvalue weighted by Gasteiger charge is 2.14. The van der Waals surface area contributed by atoms with Crippen LogP contribution in [-0.4, -0.2) is 28.5 Å². The van der Waals surface area contributed by atoms with Crippen LogP contribution in [0.5, 0.6) is 0 Å². The summed E-state index contributed by atoms with van der Waals surface area (Å²) in [6.07, 6.45) is 10.0. The van der Waals surface area contributed by atoms with Crippen molar-refractivity contribution in [3.05, 3.63) is 52.8 Å². The summed E-state index contributed by atoms with van der Waals surface area (Å²) in [4.78, 5) is 20.7. The maximum absolute atomic E-state index is 12.2. The Bertz CT molecular complexity index is 699. The predicted octanol–water partition coefficient (Wildman–Crippen LogP) is 3.85. The molecule has 0 saturated heterocycles. The molecule has 132 valence electrons. The van der Waals surface area contributed by atoms with Gasteiger partial charge in [-0.3, -0.25) is 4.79 Å². The lowest BCUT2D eigenvalue weighted by molar-refractivity contribution is 0.0953. The SMILES string of the molecule is O=C(NCCc1cccc(Cl)c1)c1cnc(NC2CCCCC2)nc1. The van der Waals surface area contributed by atoms with E-state index in [1.165, 1.54) is 19.3 Å². The number of anilines is 1. The number of rotatable bonds is 6. The van der Waals surface area contributed by atoms with E-state index in [1.807, 2.05) is 24.3 Å². The molecule has 0 atom stereocenters. The van der Waals surface area contributed by atoms with Crippen molar-refractivity contribution in [3.8, 4) is 0 Å². The summed E-state index contributed by atoms with van der Waals surface area (Å²) in [6, 6.07) is 8.09. The molecule has 5 nitrogen and oxygen atoms in total. The van der Waals surface area contributed by atoms with Gasteiger partial charge >= 0.3 is 0 Å². The van der Waals surface area contributed by atoms with Crippen LogP contribution in [0.25, 0.3) is 0 Å². The Morgan fingerprint density at radius 2 is 1.92 bits per heavy atom. The quantitative estimate of drug-likeness (QED) is 0.823. The highest BCUT2D eigenvalue weighted by Crippen LogP contribution is 2.20. The van der Waals surface area contributed by atoms with Crippen molar-refractivity contribution in [3.63, 3.8) is 0 Å². The number of hydrogen-bond donors (Lipinski definition) is 2. The number of nitrogens with one attached hydrogen (secondary N) is 2. The zero-order valence-electron chi connectivity index (χ0n) is 14.2. The van der Waals surface area contributed by atoms with Crippen LogP contribution in [0.1, 0.15) is 48.0 Å². The maximum Gasteiger partial charge on any atom is 0.254 e. The van der Waals surface area contributed by atoms with E-state index in [2.05, 4.69) is 20.6 Å². The molecule has 1 aliphatic carbocycles. The molecule has 1 aromatic carbocycles. The summed E-state index contributed by atoms with van der Waals surface area (Å²) < 4.78 is 0. The molecule has 25 heavy (non-hydrogen) atoms. The number of nitrogens with zero attached hydrogens (tertiary/aromatic N) is 2. The van der Waals surface area contributed by atoms with Crippen molar-refractivity contribution >= 4 is 23.5 Å². The number of aromatic nitrogens is 2. The number of carbonyl (C=O) groups excluding carboxylic acids is 1. The van der Waals surface area contributed by atoms with Gasteiger partial charge < -0.3 is 10.6 Å². The smallest absolute Gasteiger partial charge is 0.254 e. The highest BCUT2D eigenvalue weighted by atomic mass is 35.5. The molecular weight excluding hydrogens is 336 g/mol. The maximum atomic E-state index is 12.2. The molecule has 0 aliphatic heterocycles. The topological polar surface area (TPSA) is 66.9 Å². The molecule has 2 aromatic rings. The van der Waals surface area contributed by atoms with Gasteiger partial charge in [0.05, 0.1) is 5.56 Å². The number of benzene rings is 1. The van der Waals surface area contributed by atoms with E-state index in [9.17, 15) is 4.79 Å². The van der Waals surface area contributed by atoms with Crippen LogP contribution >= 0.6 is 11.6 Å². The Labute approximate surface area is 153 Å². The van der Waals surface area contributed by atoms with E-state index in [0.29, 0.717) is 29.1 Å². The van der Waals surface area contributed by atoms with Crippen LogP contribution < -0.4 is 10.6 Å². The van der Waals surface area contributed by atoms with Crippen molar-refractivity contribution in [2.75, 3.05) is 11.9 Å². The lowest BCUT2D eigenvalue weighted by Gasteiger charge is -2.22. The van der Waals surface area contributed by atoms with E-state index in [-0.39, 0.29) is 5.91 Å². The van der Waals surface area contributed by atoms with Crippen molar-refractivity contribution in [1.82, 2.24) is 15.3 Å². The molecule has 0 spiro atoms. The van der Waals surface area contributed by atoms with Crippen molar-refractivity contribution in [1.29, 1.82) is 0 Å². The standard InChI is InChI=1S/C19H23ClN4O/c20-16-6-4-5-14(11-16)9-10-21-18(25)15-12-22-19(23-13-15)24-17-7-2-1-3-8-17/h4-6,11-13,17H,1-3,7-10H2,(H,21,25)(H,22,23,24). The third-order valence-electron chi connectivity index (χ3n) is 4.44. The molecule has 3 rings (SSSR count). The minimum atomic E-state index is -0.161. The van der Waals surface area contributed by atoms with Crippen LogP contribution in [0, 0.1) is 0 Å². The first-order valence-electron chi connectivity index (χ1n) is 8.82. The first-order chi connectivity index (χ1) is 12.2. The summed E-state index contributed by atoms with van der Waals surface area (Å²) in [5, 5.41) is 6.94. The molecular formula is C19H23ClN4O. The Balaban J connectivity index is 1.47. The molecule has 2 N–H and O–H groups in total. The second-order valence-electron chi connectivity index (χ2n) is 6.41.